The Morgan fingerprint density at radius 3 is 2.62 bits per heavy atom. The lowest BCUT2D eigenvalue weighted by molar-refractivity contribution is -0.132. The quantitative estimate of drug-likeness (QED) is 0.249. The van der Waals surface area contributed by atoms with Gasteiger partial charge in [0.2, 0.25) is 0 Å². The summed E-state index contributed by atoms with van der Waals surface area (Å²) < 4.78 is 6.40. The Morgan fingerprint density at radius 2 is 1.91 bits per heavy atom. The molecule has 8 heteroatoms. The highest BCUT2D eigenvalue weighted by molar-refractivity contribution is 7.22. The van der Waals surface area contributed by atoms with Crippen LogP contribution >= 0.6 is 11.3 Å². The number of Topliss-reactive ketones (excluding diaryl/α,β-unsaturated/α-hetero) is 1. The van der Waals surface area contributed by atoms with E-state index in [0.717, 1.165) is 10.3 Å². The molecule has 7 nitrogen and oxygen atoms in total. The Morgan fingerprint density at radius 1 is 1.12 bits per heavy atom. The van der Waals surface area contributed by atoms with Crippen molar-refractivity contribution in [1.29, 1.82) is 0 Å². The number of aliphatic hydroxyl groups excluding tert-OH is 1. The Balaban J connectivity index is 1.68. The lowest BCUT2D eigenvalue weighted by Gasteiger charge is -2.21. The van der Waals surface area contributed by atoms with Gasteiger partial charge in [-0.05, 0) is 44.2 Å². The van der Waals surface area contributed by atoms with Crippen molar-refractivity contribution in [3.63, 3.8) is 0 Å². The van der Waals surface area contributed by atoms with Gasteiger partial charge in [0.1, 0.15) is 17.6 Å². The van der Waals surface area contributed by atoms with Crippen molar-refractivity contribution < 1.29 is 19.4 Å². The van der Waals surface area contributed by atoms with E-state index in [2.05, 4.69) is 9.97 Å². The first-order chi connectivity index (χ1) is 16.5. The number of anilines is 1. The second kappa shape index (κ2) is 8.72. The Hall–Kier alpha value is -4.04. The van der Waals surface area contributed by atoms with E-state index in [9.17, 15) is 14.7 Å². The molecule has 1 atom stereocenters. The molecule has 1 aliphatic heterocycles. The van der Waals surface area contributed by atoms with Crippen LogP contribution in [0.5, 0.6) is 5.75 Å². The number of carbonyl (C=O) groups is 2. The molecule has 1 saturated heterocycles. The van der Waals surface area contributed by atoms with Crippen LogP contribution in [-0.2, 0) is 9.59 Å². The third kappa shape index (κ3) is 3.72. The zero-order valence-electron chi connectivity index (χ0n) is 18.6. The van der Waals surface area contributed by atoms with Crippen molar-refractivity contribution in [2.45, 2.75) is 19.9 Å². The molecule has 1 fully saturated rings. The largest absolute Gasteiger partial charge is 0.507 e. The summed E-state index contributed by atoms with van der Waals surface area (Å²) in [7, 11) is 0. The van der Waals surface area contributed by atoms with Crippen LogP contribution in [0.2, 0.25) is 0 Å². The zero-order valence-corrected chi connectivity index (χ0v) is 19.4. The van der Waals surface area contributed by atoms with Gasteiger partial charge >= 0.3 is 5.91 Å². The van der Waals surface area contributed by atoms with Crippen molar-refractivity contribution in [2.75, 3.05) is 11.5 Å². The van der Waals surface area contributed by atoms with Crippen LogP contribution in [0, 0.1) is 6.92 Å². The fraction of sp³-hybridized carbons (Fsp3) is 0.154. The molecule has 5 rings (SSSR count). The van der Waals surface area contributed by atoms with Gasteiger partial charge in [-0.2, -0.15) is 0 Å². The number of amides is 1. The Labute approximate surface area is 200 Å². The number of nitrogens with zero attached hydrogens (tertiary/aromatic N) is 3. The van der Waals surface area contributed by atoms with Gasteiger partial charge in [-0.1, -0.05) is 47.2 Å². The van der Waals surface area contributed by atoms with Crippen LogP contribution in [0.4, 0.5) is 5.13 Å². The number of thiazole rings is 1. The van der Waals surface area contributed by atoms with Crippen LogP contribution < -0.4 is 9.64 Å². The normalized spacial score (nSPS) is 17.5. The van der Waals surface area contributed by atoms with E-state index in [0.29, 0.717) is 34.3 Å². The van der Waals surface area contributed by atoms with Gasteiger partial charge in [-0.25, -0.2) is 4.98 Å². The molecule has 34 heavy (non-hydrogen) atoms. The van der Waals surface area contributed by atoms with Crippen LogP contribution in [-0.4, -0.2) is 33.4 Å². The second-order valence-corrected chi connectivity index (χ2v) is 8.86. The van der Waals surface area contributed by atoms with E-state index in [1.807, 2.05) is 44.2 Å². The predicted octanol–water partition coefficient (Wildman–Crippen LogP) is 5.02. The number of carbonyl (C=O) groups excluding carboxylic acids is 2. The van der Waals surface area contributed by atoms with Gasteiger partial charge < -0.3 is 9.84 Å². The lowest BCUT2D eigenvalue weighted by atomic mass is 9.98. The molecule has 1 unspecified atom stereocenters. The smallest absolute Gasteiger partial charge is 0.301 e. The third-order valence-corrected chi connectivity index (χ3v) is 6.62. The van der Waals surface area contributed by atoms with E-state index in [1.165, 1.54) is 16.2 Å². The SMILES string of the molecule is CCOc1ccc2nc(N3C(=O)C(=O)/C(=C(/O)c4ccc(C)cc4)C3c3ccccn3)sc2c1. The summed E-state index contributed by atoms with van der Waals surface area (Å²) in [5.74, 6) is -1.07. The molecule has 0 aliphatic carbocycles. The topological polar surface area (TPSA) is 92.6 Å². The molecule has 0 saturated carbocycles. The molecule has 0 bridgehead atoms. The minimum absolute atomic E-state index is 0.0122. The van der Waals surface area contributed by atoms with E-state index in [-0.39, 0.29) is 11.3 Å². The van der Waals surface area contributed by atoms with Gasteiger partial charge in [-0.15, -0.1) is 0 Å². The molecule has 0 spiro atoms. The van der Waals surface area contributed by atoms with E-state index >= 15 is 0 Å². The first kappa shape index (κ1) is 21.8. The van der Waals surface area contributed by atoms with E-state index in [4.69, 9.17) is 4.74 Å². The standard InChI is InChI=1S/C26H21N3O4S/c1-3-33-17-11-12-18-20(14-17)34-26(28-18)29-22(19-6-4-5-13-27-19)21(24(31)25(29)32)23(30)16-9-7-15(2)8-10-16/h4-14,22,30H,3H2,1-2H3/b23-21+. The van der Waals surface area contributed by atoms with Crippen molar-refractivity contribution in [2.24, 2.45) is 0 Å². The van der Waals surface area contributed by atoms with Crippen molar-refractivity contribution in [3.8, 4) is 5.75 Å². The fourth-order valence-corrected chi connectivity index (χ4v) is 4.99. The highest BCUT2D eigenvalue weighted by Gasteiger charge is 2.48. The maximum atomic E-state index is 13.3. The molecule has 3 heterocycles. The second-order valence-electron chi connectivity index (χ2n) is 7.85. The molecule has 1 amide bonds. The summed E-state index contributed by atoms with van der Waals surface area (Å²) in [4.78, 5) is 36.9. The first-order valence-electron chi connectivity index (χ1n) is 10.8. The van der Waals surface area contributed by atoms with Crippen LogP contribution in [0.3, 0.4) is 0 Å². The molecule has 170 valence electrons. The number of ether oxygens (including phenoxy) is 1. The summed E-state index contributed by atoms with van der Waals surface area (Å²) >= 11 is 1.28. The van der Waals surface area contributed by atoms with Crippen LogP contribution in [0.25, 0.3) is 16.0 Å². The molecule has 2 aromatic heterocycles. The number of aryl methyl sites for hydroxylation is 1. The van der Waals surface area contributed by atoms with Gasteiger partial charge in [0.05, 0.1) is 28.1 Å². The molecular weight excluding hydrogens is 450 g/mol. The molecule has 1 N–H and O–H groups in total. The molecule has 4 aromatic rings. The maximum absolute atomic E-state index is 13.3. The average Bonchev–Trinajstić information content (AvgIpc) is 3.38. The minimum atomic E-state index is -0.908. The summed E-state index contributed by atoms with van der Waals surface area (Å²) in [6, 6.07) is 17.0. The number of pyridine rings is 1. The summed E-state index contributed by atoms with van der Waals surface area (Å²) in [6.07, 6.45) is 1.59. The molecule has 1 aliphatic rings. The third-order valence-electron chi connectivity index (χ3n) is 5.60. The number of fused-ring (bicyclic) bond motifs is 1. The summed E-state index contributed by atoms with van der Waals surface area (Å²) in [6.45, 7) is 4.37. The number of aromatic nitrogens is 2. The van der Waals surface area contributed by atoms with Crippen LogP contribution in [0.1, 0.15) is 29.8 Å². The van der Waals surface area contributed by atoms with Gasteiger partial charge in [-0.3, -0.25) is 19.5 Å². The lowest BCUT2D eigenvalue weighted by Crippen LogP contribution is -2.29. The maximum Gasteiger partial charge on any atom is 0.301 e. The Bertz CT molecular complexity index is 1430. The first-order valence-corrected chi connectivity index (χ1v) is 11.6. The van der Waals surface area contributed by atoms with Gasteiger partial charge in [0.25, 0.3) is 5.78 Å². The van der Waals surface area contributed by atoms with Crippen molar-refractivity contribution in [1.82, 2.24) is 9.97 Å². The number of rotatable bonds is 5. The van der Waals surface area contributed by atoms with E-state index < -0.39 is 17.7 Å². The number of aliphatic hydroxyl groups is 1. The minimum Gasteiger partial charge on any atom is -0.507 e. The predicted molar refractivity (Wildman–Crippen MR) is 131 cm³/mol. The van der Waals surface area contributed by atoms with E-state index in [1.54, 1.807) is 36.5 Å². The number of ketones is 1. The number of hydrogen-bond acceptors (Lipinski definition) is 7. The molecule has 0 radical (unpaired) electrons. The summed E-state index contributed by atoms with van der Waals surface area (Å²) in [5, 5.41) is 11.5. The highest BCUT2D eigenvalue weighted by Crippen LogP contribution is 2.44. The fourth-order valence-electron chi connectivity index (χ4n) is 3.97. The average molecular weight is 472 g/mol. The zero-order chi connectivity index (χ0) is 23.8. The number of hydrogen-bond donors (Lipinski definition) is 1. The monoisotopic (exact) mass is 471 g/mol. The van der Waals surface area contributed by atoms with Gasteiger partial charge in [0, 0.05) is 11.8 Å². The number of benzene rings is 2. The van der Waals surface area contributed by atoms with Gasteiger partial charge in [0.15, 0.2) is 5.13 Å². The Kier molecular flexibility index (Phi) is 5.59. The van der Waals surface area contributed by atoms with Crippen LogP contribution in [0.15, 0.2) is 72.4 Å². The highest BCUT2D eigenvalue weighted by atomic mass is 32.1. The molecule has 2 aromatic carbocycles. The van der Waals surface area contributed by atoms with Crippen molar-refractivity contribution >= 4 is 44.1 Å². The van der Waals surface area contributed by atoms with Crippen molar-refractivity contribution in [3.05, 3.63) is 89.3 Å². The summed E-state index contributed by atoms with van der Waals surface area (Å²) in [5.41, 5.74) is 2.60. The molecular formula is C26H21N3O4S.